The molecule has 0 unspecified atom stereocenters. The number of hydrogen-bond donors (Lipinski definition) is 3. The number of nitrogens with zero attached hydrogens (tertiary/aromatic N) is 2. The highest BCUT2D eigenvalue weighted by Crippen LogP contribution is 2.40. The molecule has 0 fully saturated rings. The van der Waals surface area contributed by atoms with Crippen LogP contribution in [0.15, 0.2) is 91.1 Å². The quantitative estimate of drug-likeness (QED) is 0.266. The molecular formula is C31H26N4O2. The van der Waals surface area contributed by atoms with Crippen LogP contribution < -0.4 is 11.5 Å². The summed E-state index contributed by atoms with van der Waals surface area (Å²) in [6.07, 6.45) is 2.87. The fourth-order valence-electron chi connectivity index (χ4n) is 5.34. The number of rotatable bonds is 6. The molecule has 6 nitrogen and oxygen atoms in total. The fourth-order valence-corrected chi connectivity index (χ4v) is 5.34. The number of anilines is 1. The van der Waals surface area contributed by atoms with Gasteiger partial charge in [-0.2, -0.15) is 0 Å². The maximum atomic E-state index is 12.1. The van der Waals surface area contributed by atoms with E-state index < -0.39 is 5.91 Å². The van der Waals surface area contributed by atoms with Gasteiger partial charge in [-0.25, -0.2) is 0 Å². The van der Waals surface area contributed by atoms with E-state index in [9.17, 15) is 9.90 Å². The third-order valence-electron chi connectivity index (χ3n) is 7.02. The smallest absolute Gasteiger partial charge is 0.249 e. The average molecular weight is 487 g/mol. The number of para-hydroxylation sites is 2. The minimum atomic E-state index is -0.528. The lowest BCUT2D eigenvalue weighted by Gasteiger charge is -2.17. The Morgan fingerprint density at radius 2 is 1.70 bits per heavy atom. The Morgan fingerprint density at radius 3 is 2.54 bits per heavy atom. The van der Waals surface area contributed by atoms with Gasteiger partial charge in [0.15, 0.2) is 0 Å². The summed E-state index contributed by atoms with van der Waals surface area (Å²) in [5.41, 5.74) is 19.8. The molecule has 0 atom stereocenters. The predicted octanol–water partition coefficient (Wildman–Crippen LogP) is 5.60. The number of carbonyl (C=O) groups excluding carboxylic acids is 1. The van der Waals surface area contributed by atoms with Crippen LogP contribution >= 0.6 is 0 Å². The Labute approximate surface area is 213 Å². The van der Waals surface area contributed by atoms with Crippen molar-refractivity contribution in [3.8, 4) is 16.8 Å². The summed E-state index contributed by atoms with van der Waals surface area (Å²) in [5.74, 6) is -0.528. The van der Waals surface area contributed by atoms with Gasteiger partial charge in [0.1, 0.15) is 0 Å². The summed E-state index contributed by atoms with van der Waals surface area (Å²) in [4.78, 5) is 16.8. The Hall–Kier alpha value is -4.68. The van der Waals surface area contributed by atoms with Crippen LogP contribution in [-0.4, -0.2) is 27.2 Å². The number of pyridine rings is 1. The van der Waals surface area contributed by atoms with Crippen molar-refractivity contribution in [3.63, 3.8) is 0 Å². The zero-order chi connectivity index (χ0) is 25.5. The van der Waals surface area contributed by atoms with Gasteiger partial charge in [-0.15, -0.1) is 0 Å². The van der Waals surface area contributed by atoms with E-state index in [1.54, 1.807) is 6.07 Å². The maximum absolute atomic E-state index is 12.1. The summed E-state index contributed by atoms with van der Waals surface area (Å²) in [7, 11) is 0. The van der Waals surface area contributed by atoms with Crippen LogP contribution in [0.5, 0.6) is 0 Å². The van der Waals surface area contributed by atoms with E-state index in [2.05, 4.69) is 41.0 Å². The second-order valence-corrected chi connectivity index (χ2v) is 9.18. The first-order valence-electron chi connectivity index (χ1n) is 12.3. The van der Waals surface area contributed by atoms with Crippen molar-refractivity contribution in [2.45, 2.75) is 12.8 Å². The van der Waals surface area contributed by atoms with Crippen LogP contribution in [0.3, 0.4) is 0 Å². The van der Waals surface area contributed by atoms with Gasteiger partial charge >= 0.3 is 0 Å². The third kappa shape index (κ3) is 3.70. The first kappa shape index (κ1) is 22.8. The van der Waals surface area contributed by atoms with Crippen molar-refractivity contribution in [2.75, 3.05) is 12.3 Å². The Balaban J connectivity index is 1.66. The summed E-state index contributed by atoms with van der Waals surface area (Å²) < 4.78 is 2.14. The Kier molecular flexibility index (Phi) is 5.58. The largest absolute Gasteiger partial charge is 0.397 e. The normalized spacial score (nSPS) is 11.5. The van der Waals surface area contributed by atoms with Crippen LogP contribution in [0.2, 0.25) is 0 Å². The molecule has 0 aliphatic rings. The molecule has 6 aromatic rings. The standard InChI is InChI=1S/C31H26N4O2/c32-30-22(10-6-16-36)23(31(33)37)14-15-28(30)35-26-12-4-2-8-24(26)29-21(9-5-13-27(29)35)20-17-19-7-1-3-11-25(19)34-18-20/h1-5,7-9,11-15,17-18,36H,6,10,16,32H2,(H2,33,37). The number of aromatic nitrogens is 2. The van der Waals surface area contributed by atoms with Crippen molar-refractivity contribution in [3.05, 3.63) is 102 Å². The van der Waals surface area contributed by atoms with Crippen LogP contribution in [0.1, 0.15) is 22.3 Å². The van der Waals surface area contributed by atoms with E-state index >= 15 is 0 Å². The van der Waals surface area contributed by atoms with Gasteiger partial charge in [-0.3, -0.25) is 9.78 Å². The highest BCUT2D eigenvalue weighted by molar-refractivity contribution is 6.16. The molecule has 2 heterocycles. The monoisotopic (exact) mass is 486 g/mol. The van der Waals surface area contributed by atoms with Crippen LogP contribution in [0.4, 0.5) is 5.69 Å². The highest BCUT2D eigenvalue weighted by atomic mass is 16.2. The molecule has 0 bridgehead atoms. The Morgan fingerprint density at radius 1 is 0.919 bits per heavy atom. The first-order chi connectivity index (χ1) is 18.1. The number of benzene rings is 4. The molecule has 4 aromatic carbocycles. The maximum Gasteiger partial charge on any atom is 0.249 e. The van der Waals surface area contributed by atoms with Gasteiger partial charge in [0.2, 0.25) is 5.91 Å². The molecule has 182 valence electrons. The number of hydrogen-bond acceptors (Lipinski definition) is 4. The van der Waals surface area contributed by atoms with Crippen molar-refractivity contribution in [1.82, 2.24) is 9.55 Å². The van der Waals surface area contributed by atoms with Gasteiger partial charge in [-0.1, -0.05) is 48.5 Å². The summed E-state index contributed by atoms with van der Waals surface area (Å²) >= 11 is 0. The molecule has 1 amide bonds. The first-order valence-corrected chi connectivity index (χ1v) is 12.3. The molecular weight excluding hydrogens is 460 g/mol. The number of nitrogen functional groups attached to an aromatic ring is 1. The summed E-state index contributed by atoms with van der Waals surface area (Å²) in [6.45, 7) is 0.000401. The molecule has 0 saturated carbocycles. The van der Waals surface area contributed by atoms with E-state index in [0.717, 1.165) is 49.5 Å². The minimum Gasteiger partial charge on any atom is -0.397 e. The molecule has 6 heteroatoms. The van der Waals surface area contributed by atoms with Crippen molar-refractivity contribution in [2.24, 2.45) is 5.73 Å². The number of carbonyl (C=O) groups is 1. The number of primary amides is 1. The fraction of sp³-hybridized carbons (Fsp3) is 0.0968. The van der Waals surface area contributed by atoms with Gasteiger partial charge < -0.3 is 21.1 Å². The lowest BCUT2D eigenvalue weighted by molar-refractivity contribution is 0.0999. The lowest BCUT2D eigenvalue weighted by Crippen LogP contribution is -2.16. The average Bonchev–Trinajstić information content (AvgIpc) is 3.26. The molecule has 0 saturated heterocycles. The van der Waals surface area contributed by atoms with Gasteiger partial charge in [-0.05, 0) is 60.4 Å². The van der Waals surface area contributed by atoms with Crippen LogP contribution in [0.25, 0.3) is 49.5 Å². The van der Waals surface area contributed by atoms with Crippen molar-refractivity contribution in [1.29, 1.82) is 0 Å². The molecule has 0 aliphatic carbocycles. The third-order valence-corrected chi connectivity index (χ3v) is 7.02. The molecule has 37 heavy (non-hydrogen) atoms. The van der Waals surface area contributed by atoms with Crippen LogP contribution in [0, 0.1) is 0 Å². The lowest BCUT2D eigenvalue weighted by atomic mass is 9.98. The van der Waals surface area contributed by atoms with Crippen molar-refractivity contribution >= 4 is 44.3 Å². The van der Waals surface area contributed by atoms with E-state index in [4.69, 9.17) is 16.5 Å². The Bertz CT molecular complexity index is 1820. The summed E-state index contributed by atoms with van der Waals surface area (Å²) in [6, 6.07) is 28.4. The number of amides is 1. The zero-order valence-electron chi connectivity index (χ0n) is 20.2. The van der Waals surface area contributed by atoms with Crippen molar-refractivity contribution < 1.29 is 9.90 Å². The molecule has 5 N–H and O–H groups in total. The van der Waals surface area contributed by atoms with E-state index in [0.29, 0.717) is 29.7 Å². The second kappa shape index (κ2) is 9.08. The van der Waals surface area contributed by atoms with Gasteiger partial charge in [0.05, 0.1) is 27.9 Å². The second-order valence-electron chi connectivity index (χ2n) is 9.18. The number of aliphatic hydroxyl groups is 1. The number of aliphatic hydroxyl groups excluding tert-OH is 1. The van der Waals surface area contributed by atoms with Crippen LogP contribution in [-0.2, 0) is 6.42 Å². The predicted molar refractivity (Wildman–Crippen MR) is 150 cm³/mol. The molecule has 0 spiro atoms. The molecule has 6 rings (SSSR count). The molecule has 0 aliphatic heterocycles. The topological polar surface area (TPSA) is 107 Å². The zero-order valence-corrected chi connectivity index (χ0v) is 20.2. The van der Waals surface area contributed by atoms with E-state index in [1.165, 1.54) is 0 Å². The molecule has 0 radical (unpaired) electrons. The highest BCUT2D eigenvalue weighted by Gasteiger charge is 2.20. The van der Waals surface area contributed by atoms with Gasteiger partial charge in [0.25, 0.3) is 0 Å². The minimum absolute atomic E-state index is 0.000401. The van der Waals surface area contributed by atoms with Gasteiger partial charge in [0, 0.05) is 40.1 Å². The molecule has 2 aromatic heterocycles. The summed E-state index contributed by atoms with van der Waals surface area (Å²) in [5, 5.41) is 12.7. The van der Waals surface area contributed by atoms with E-state index in [1.807, 2.05) is 48.7 Å². The number of fused-ring (bicyclic) bond motifs is 4. The van der Waals surface area contributed by atoms with E-state index in [-0.39, 0.29) is 6.61 Å². The SMILES string of the molecule is NC(=O)c1ccc(-n2c3ccccc3c3c(-c4cnc5ccccc5c4)cccc32)c(N)c1CCCO. The number of nitrogens with two attached hydrogens (primary N) is 2.